The molecular weight excluding hydrogens is 326 g/mol. The molecule has 0 aliphatic rings. The number of benzene rings is 1. The largest absolute Gasteiger partial charge is 0.485 e. The van der Waals surface area contributed by atoms with Gasteiger partial charge in [-0.1, -0.05) is 12.1 Å². The monoisotopic (exact) mass is 347 g/mol. The van der Waals surface area contributed by atoms with Gasteiger partial charge in [0.25, 0.3) is 5.91 Å². The van der Waals surface area contributed by atoms with Crippen molar-refractivity contribution in [1.29, 1.82) is 0 Å². The predicted molar refractivity (Wildman–Crippen MR) is 88.2 cm³/mol. The quantitative estimate of drug-likeness (QED) is 0.751. The van der Waals surface area contributed by atoms with Gasteiger partial charge in [0, 0.05) is 18.0 Å². The van der Waals surface area contributed by atoms with Gasteiger partial charge in [0.1, 0.15) is 5.75 Å². The third-order valence-electron chi connectivity index (χ3n) is 3.80. The highest BCUT2D eigenvalue weighted by atomic mass is 16.5. The molecule has 2 N–H and O–H groups in total. The summed E-state index contributed by atoms with van der Waals surface area (Å²) in [4.78, 5) is 27.2. The number of hydrogen-bond acceptors (Lipinski definition) is 6. The van der Waals surface area contributed by atoms with Gasteiger partial charge < -0.3 is 19.7 Å². The average molecular weight is 347 g/mol. The average Bonchev–Trinajstić information content (AvgIpc) is 3.07. The van der Waals surface area contributed by atoms with Gasteiger partial charge in [-0.2, -0.15) is 4.98 Å². The number of aromatic nitrogens is 2. The highest BCUT2D eigenvalue weighted by molar-refractivity contribution is 5.94. The second-order valence-electron chi connectivity index (χ2n) is 5.66. The van der Waals surface area contributed by atoms with Crippen LogP contribution < -0.4 is 10.1 Å². The molecule has 1 heterocycles. The Hall–Kier alpha value is -2.90. The van der Waals surface area contributed by atoms with Crippen molar-refractivity contribution in [2.24, 2.45) is 5.92 Å². The highest BCUT2D eigenvalue weighted by Crippen LogP contribution is 2.14. The first kappa shape index (κ1) is 18.4. The first-order chi connectivity index (χ1) is 11.9. The summed E-state index contributed by atoms with van der Waals surface area (Å²) < 4.78 is 10.5. The number of aryl methyl sites for hydroxylation is 1. The van der Waals surface area contributed by atoms with E-state index in [0.717, 1.165) is 0 Å². The summed E-state index contributed by atoms with van der Waals surface area (Å²) in [5, 5.41) is 15.4. The molecule has 1 amide bonds. The molecule has 0 spiro atoms. The van der Waals surface area contributed by atoms with Gasteiger partial charge in [-0.05, 0) is 38.1 Å². The first-order valence-electron chi connectivity index (χ1n) is 7.98. The van der Waals surface area contributed by atoms with Crippen LogP contribution in [0.5, 0.6) is 5.75 Å². The van der Waals surface area contributed by atoms with Gasteiger partial charge in [-0.15, -0.1) is 0 Å². The molecule has 0 aliphatic heterocycles. The Bertz CT molecular complexity index is 726. The Morgan fingerprint density at radius 2 is 1.96 bits per heavy atom. The minimum absolute atomic E-state index is 0.169. The summed E-state index contributed by atoms with van der Waals surface area (Å²) in [7, 11) is 0. The smallest absolute Gasteiger partial charge is 0.308 e. The lowest BCUT2D eigenvalue weighted by atomic mass is 10.0. The molecule has 0 aliphatic carbocycles. The van der Waals surface area contributed by atoms with Crippen molar-refractivity contribution < 1.29 is 24.0 Å². The fourth-order valence-electron chi connectivity index (χ4n) is 1.97. The van der Waals surface area contributed by atoms with Crippen LogP contribution in [0.4, 0.5) is 0 Å². The molecule has 8 nitrogen and oxygen atoms in total. The molecule has 0 saturated carbocycles. The second kappa shape index (κ2) is 8.27. The van der Waals surface area contributed by atoms with Gasteiger partial charge in [-0.3, -0.25) is 9.59 Å². The lowest BCUT2D eigenvalue weighted by Gasteiger charge is -2.17. The lowest BCUT2D eigenvalue weighted by molar-refractivity contribution is -0.141. The van der Waals surface area contributed by atoms with Crippen LogP contribution >= 0.6 is 0 Å². The summed E-state index contributed by atoms with van der Waals surface area (Å²) >= 11 is 0. The van der Waals surface area contributed by atoms with Crippen molar-refractivity contribution in [3.05, 3.63) is 41.5 Å². The Morgan fingerprint density at radius 3 is 2.52 bits per heavy atom. The Balaban J connectivity index is 1.90. The normalized spacial score (nSPS) is 13.1. The second-order valence-corrected chi connectivity index (χ2v) is 5.66. The van der Waals surface area contributed by atoms with E-state index in [4.69, 9.17) is 14.4 Å². The molecule has 25 heavy (non-hydrogen) atoms. The topological polar surface area (TPSA) is 115 Å². The van der Waals surface area contributed by atoms with Gasteiger partial charge >= 0.3 is 5.97 Å². The fraction of sp³-hybridized carbons (Fsp3) is 0.412. The summed E-state index contributed by atoms with van der Waals surface area (Å²) in [5.41, 5.74) is 0.421. The van der Waals surface area contributed by atoms with Gasteiger partial charge in [0.05, 0.1) is 5.92 Å². The van der Waals surface area contributed by atoms with Crippen LogP contribution in [0, 0.1) is 5.92 Å². The molecule has 0 bridgehead atoms. The Labute approximate surface area is 145 Å². The molecule has 1 aromatic carbocycles. The summed E-state index contributed by atoms with van der Waals surface area (Å²) in [5.74, 6) is -0.395. The number of rotatable bonds is 8. The number of nitrogens with zero attached hydrogens (tertiary/aromatic N) is 2. The molecule has 0 saturated heterocycles. The standard InChI is InChI=1S/C17H21N3O5/c1-4-15-19-14(20-25-15)9-24-13-7-5-12(6-8-13)16(21)18-11(3)10(2)17(22)23/h5-8,10-11H,4,9H2,1-3H3,(H,18,21)(H,22,23). The molecule has 0 radical (unpaired) electrons. The summed E-state index contributed by atoms with van der Waals surface area (Å²) in [6.07, 6.45) is 0.662. The maximum atomic E-state index is 12.1. The van der Waals surface area contributed by atoms with Gasteiger partial charge in [-0.25, -0.2) is 0 Å². The van der Waals surface area contributed by atoms with Crippen LogP contribution in [0.3, 0.4) is 0 Å². The molecule has 8 heteroatoms. The third kappa shape index (κ3) is 5.03. The maximum Gasteiger partial charge on any atom is 0.308 e. The summed E-state index contributed by atoms with van der Waals surface area (Å²) in [6.45, 7) is 5.29. The van der Waals surface area contributed by atoms with Crippen LogP contribution in [0.2, 0.25) is 0 Å². The number of hydrogen-bond donors (Lipinski definition) is 2. The SMILES string of the molecule is CCc1nc(COc2ccc(C(=O)NC(C)C(C)C(=O)O)cc2)no1. The van der Waals surface area contributed by atoms with Crippen LogP contribution in [0.15, 0.2) is 28.8 Å². The van der Waals surface area contributed by atoms with E-state index in [9.17, 15) is 9.59 Å². The van der Waals surface area contributed by atoms with Crippen LogP contribution in [-0.2, 0) is 17.8 Å². The number of ether oxygens (including phenoxy) is 1. The zero-order chi connectivity index (χ0) is 18.4. The van der Waals surface area contributed by atoms with Crippen LogP contribution in [0.1, 0.15) is 42.8 Å². The highest BCUT2D eigenvalue weighted by Gasteiger charge is 2.21. The van der Waals surface area contributed by atoms with E-state index in [2.05, 4.69) is 15.5 Å². The molecule has 0 fully saturated rings. The lowest BCUT2D eigenvalue weighted by Crippen LogP contribution is -2.40. The molecule has 2 rings (SSSR count). The minimum atomic E-state index is -0.954. The van der Waals surface area contributed by atoms with Crippen LogP contribution in [-0.4, -0.2) is 33.2 Å². The van der Waals surface area contributed by atoms with E-state index in [-0.39, 0.29) is 12.5 Å². The number of nitrogens with one attached hydrogen (secondary N) is 1. The molecule has 2 atom stereocenters. The minimum Gasteiger partial charge on any atom is -0.485 e. The van der Waals surface area contributed by atoms with Gasteiger partial charge in [0.2, 0.25) is 11.7 Å². The number of aliphatic carboxylic acids is 1. The number of carboxylic acid groups (broad SMARTS) is 1. The Morgan fingerprint density at radius 1 is 1.28 bits per heavy atom. The number of carbonyl (C=O) groups excluding carboxylic acids is 1. The van der Waals surface area contributed by atoms with E-state index in [1.807, 2.05) is 6.92 Å². The van der Waals surface area contributed by atoms with Crippen molar-refractivity contribution in [2.75, 3.05) is 0 Å². The zero-order valence-electron chi connectivity index (χ0n) is 14.4. The number of carbonyl (C=O) groups is 2. The van der Waals surface area contributed by atoms with Crippen molar-refractivity contribution in [1.82, 2.24) is 15.5 Å². The van der Waals surface area contributed by atoms with E-state index >= 15 is 0 Å². The van der Waals surface area contributed by atoms with E-state index in [1.54, 1.807) is 38.1 Å². The Kier molecular flexibility index (Phi) is 6.10. The zero-order valence-corrected chi connectivity index (χ0v) is 14.4. The maximum absolute atomic E-state index is 12.1. The molecule has 1 aromatic heterocycles. The van der Waals surface area contributed by atoms with Crippen molar-refractivity contribution in [3.63, 3.8) is 0 Å². The van der Waals surface area contributed by atoms with Crippen molar-refractivity contribution in [3.8, 4) is 5.75 Å². The van der Waals surface area contributed by atoms with Crippen LogP contribution in [0.25, 0.3) is 0 Å². The number of carboxylic acids is 1. The molecule has 134 valence electrons. The fourth-order valence-corrected chi connectivity index (χ4v) is 1.97. The van der Waals surface area contributed by atoms with E-state index in [0.29, 0.717) is 29.4 Å². The first-order valence-corrected chi connectivity index (χ1v) is 7.98. The van der Waals surface area contributed by atoms with Gasteiger partial charge in [0.15, 0.2) is 6.61 Å². The summed E-state index contributed by atoms with van der Waals surface area (Å²) in [6, 6.07) is 6.04. The third-order valence-corrected chi connectivity index (χ3v) is 3.80. The van der Waals surface area contributed by atoms with Crippen molar-refractivity contribution in [2.45, 2.75) is 39.8 Å². The molecular formula is C17H21N3O5. The number of amides is 1. The predicted octanol–water partition coefficient (Wildman–Crippen LogP) is 2.05. The van der Waals surface area contributed by atoms with E-state index < -0.39 is 17.9 Å². The van der Waals surface area contributed by atoms with Crippen molar-refractivity contribution >= 4 is 11.9 Å². The molecule has 2 aromatic rings. The molecule has 2 unspecified atom stereocenters. The van der Waals surface area contributed by atoms with E-state index in [1.165, 1.54) is 0 Å².